The number of carbonyl (C=O) groups is 1. The molecular weight excluding hydrogens is 270 g/mol. The van der Waals surface area contributed by atoms with Crippen LogP contribution in [-0.2, 0) is 16.0 Å². The van der Waals surface area contributed by atoms with Gasteiger partial charge in [0.05, 0.1) is 13.2 Å². The fraction of sp³-hybridized carbons (Fsp3) is 0.333. The van der Waals surface area contributed by atoms with Gasteiger partial charge < -0.3 is 4.74 Å². The number of carbonyl (C=O) groups excluding carboxylic acids is 1. The number of esters is 1. The van der Waals surface area contributed by atoms with E-state index in [4.69, 9.17) is 5.26 Å². The van der Waals surface area contributed by atoms with E-state index in [-0.39, 0.29) is 0 Å². The number of halogens is 1. The number of hydrogen-bond acceptors (Lipinski definition) is 3. The first-order valence-electron chi connectivity index (χ1n) is 4.81. The zero-order valence-electron chi connectivity index (χ0n) is 9.16. The standard InChI is InChI=1S/C12H12BrNO2/c1-8-3-4-9(11(13)5-8)6-10(7-14)12(15)16-2/h3-5,10H,6H2,1-2H3. The largest absolute Gasteiger partial charge is 0.468 e. The van der Waals surface area contributed by atoms with Crippen LogP contribution in [0.1, 0.15) is 11.1 Å². The second kappa shape index (κ2) is 5.66. The van der Waals surface area contributed by atoms with Crippen molar-refractivity contribution in [2.24, 2.45) is 5.92 Å². The summed E-state index contributed by atoms with van der Waals surface area (Å²) in [5, 5.41) is 8.87. The Morgan fingerprint density at radius 1 is 1.62 bits per heavy atom. The Bertz CT molecular complexity index is 437. The maximum Gasteiger partial charge on any atom is 0.323 e. The molecule has 16 heavy (non-hydrogen) atoms. The average molecular weight is 282 g/mol. The van der Waals surface area contributed by atoms with Gasteiger partial charge >= 0.3 is 5.97 Å². The first-order valence-corrected chi connectivity index (χ1v) is 5.60. The van der Waals surface area contributed by atoms with E-state index in [1.807, 2.05) is 31.2 Å². The van der Waals surface area contributed by atoms with Crippen molar-refractivity contribution in [1.82, 2.24) is 0 Å². The summed E-state index contributed by atoms with van der Waals surface area (Å²) in [7, 11) is 1.29. The van der Waals surface area contributed by atoms with E-state index in [1.54, 1.807) is 0 Å². The highest BCUT2D eigenvalue weighted by Crippen LogP contribution is 2.21. The molecule has 1 aromatic carbocycles. The predicted molar refractivity (Wildman–Crippen MR) is 63.7 cm³/mol. The zero-order valence-corrected chi connectivity index (χ0v) is 10.7. The van der Waals surface area contributed by atoms with Crippen molar-refractivity contribution in [1.29, 1.82) is 5.26 Å². The summed E-state index contributed by atoms with van der Waals surface area (Å²) in [6.45, 7) is 1.98. The van der Waals surface area contributed by atoms with Gasteiger partial charge in [0.1, 0.15) is 5.92 Å². The Balaban J connectivity index is 2.87. The van der Waals surface area contributed by atoms with Gasteiger partial charge in [0.2, 0.25) is 0 Å². The molecule has 0 heterocycles. The van der Waals surface area contributed by atoms with Crippen molar-refractivity contribution in [3.8, 4) is 6.07 Å². The summed E-state index contributed by atoms with van der Waals surface area (Å²) in [6.07, 6.45) is 0.365. The van der Waals surface area contributed by atoms with Gasteiger partial charge in [-0.05, 0) is 30.5 Å². The lowest BCUT2D eigenvalue weighted by atomic mass is 10.00. The predicted octanol–water partition coefficient (Wildman–Crippen LogP) is 2.61. The molecule has 0 saturated heterocycles. The van der Waals surface area contributed by atoms with Gasteiger partial charge in [0.15, 0.2) is 0 Å². The van der Waals surface area contributed by atoms with E-state index < -0.39 is 11.9 Å². The van der Waals surface area contributed by atoms with Crippen LogP contribution in [0.5, 0.6) is 0 Å². The van der Waals surface area contributed by atoms with Gasteiger partial charge in [-0.15, -0.1) is 0 Å². The Kier molecular flexibility index (Phi) is 4.51. The van der Waals surface area contributed by atoms with E-state index in [2.05, 4.69) is 20.7 Å². The minimum atomic E-state index is -0.746. The van der Waals surface area contributed by atoms with Crippen LogP contribution in [0.4, 0.5) is 0 Å². The van der Waals surface area contributed by atoms with Crippen molar-refractivity contribution in [2.75, 3.05) is 7.11 Å². The molecule has 0 saturated carbocycles. The summed E-state index contributed by atoms with van der Waals surface area (Å²) < 4.78 is 5.48. The summed E-state index contributed by atoms with van der Waals surface area (Å²) in [5.74, 6) is -1.24. The summed E-state index contributed by atoms with van der Waals surface area (Å²) in [5.41, 5.74) is 2.06. The average Bonchev–Trinajstić information content (AvgIpc) is 2.27. The molecule has 0 aliphatic carbocycles. The van der Waals surface area contributed by atoms with E-state index in [0.29, 0.717) is 6.42 Å². The topological polar surface area (TPSA) is 50.1 Å². The van der Waals surface area contributed by atoms with Crippen LogP contribution in [0.2, 0.25) is 0 Å². The normalized spacial score (nSPS) is 11.6. The number of aryl methyl sites for hydroxylation is 1. The van der Waals surface area contributed by atoms with Gasteiger partial charge in [-0.1, -0.05) is 28.1 Å². The van der Waals surface area contributed by atoms with Crippen molar-refractivity contribution in [3.05, 3.63) is 33.8 Å². The molecule has 3 nitrogen and oxygen atoms in total. The molecule has 0 radical (unpaired) electrons. The third-order valence-electron chi connectivity index (χ3n) is 2.27. The van der Waals surface area contributed by atoms with Crippen LogP contribution in [0.3, 0.4) is 0 Å². The number of rotatable bonds is 3. The lowest BCUT2D eigenvalue weighted by molar-refractivity contribution is -0.143. The number of methoxy groups -OCH3 is 1. The van der Waals surface area contributed by atoms with Crippen LogP contribution in [-0.4, -0.2) is 13.1 Å². The molecular formula is C12H12BrNO2. The summed E-state index contributed by atoms with van der Waals surface area (Å²) >= 11 is 3.41. The SMILES string of the molecule is COC(=O)C(C#N)Cc1ccc(C)cc1Br. The molecule has 84 valence electrons. The van der Waals surface area contributed by atoms with E-state index in [9.17, 15) is 4.79 Å². The van der Waals surface area contributed by atoms with Crippen LogP contribution in [0, 0.1) is 24.2 Å². The smallest absolute Gasteiger partial charge is 0.323 e. The van der Waals surface area contributed by atoms with E-state index in [1.165, 1.54) is 7.11 Å². The highest BCUT2D eigenvalue weighted by Gasteiger charge is 2.19. The fourth-order valence-corrected chi connectivity index (χ4v) is 2.02. The van der Waals surface area contributed by atoms with E-state index >= 15 is 0 Å². The van der Waals surface area contributed by atoms with Gasteiger partial charge in [-0.25, -0.2) is 0 Å². The number of benzene rings is 1. The van der Waals surface area contributed by atoms with E-state index in [0.717, 1.165) is 15.6 Å². The fourth-order valence-electron chi connectivity index (χ4n) is 1.36. The maximum atomic E-state index is 11.3. The molecule has 0 spiro atoms. The van der Waals surface area contributed by atoms with Crippen molar-refractivity contribution in [2.45, 2.75) is 13.3 Å². The maximum absolute atomic E-state index is 11.3. The molecule has 1 unspecified atom stereocenters. The van der Waals surface area contributed by atoms with Crippen molar-refractivity contribution in [3.63, 3.8) is 0 Å². The number of hydrogen-bond donors (Lipinski definition) is 0. The van der Waals surface area contributed by atoms with Crippen LogP contribution in [0.15, 0.2) is 22.7 Å². The van der Waals surface area contributed by atoms with Gasteiger partial charge in [0, 0.05) is 4.47 Å². The highest BCUT2D eigenvalue weighted by atomic mass is 79.9. The Morgan fingerprint density at radius 2 is 2.31 bits per heavy atom. The highest BCUT2D eigenvalue weighted by molar-refractivity contribution is 9.10. The Labute approximate surface area is 103 Å². The molecule has 0 aromatic heterocycles. The number of nitriles is 1. The second-order valence-corrected chi connectivity index (χ2v) is 4.36. The van der Waals surface area contributed by atoms with Crippen LogP contribution < -0.4 is 0 Å². The molecule has 0 aliphatic heterocycles. The zero-order chi connectivity index (χ0) is 12.1. The Morgan fingerprint density at radius 3 is 2.81 bits per heavy atom. The van der Waals surface area contributed by atoms with Crippen LogP contribution in [0.25, 0.3) is 0 Å². The minimum absolute atomic E-state index is 0.365. The molecule has 0 N–H and O–H groups in total. The lowest BCUT2D eigenvalue weighted by Crippen LogP contribution is -2.17. The molecule has 0 aliphatic rings. The molecule has 1 atom stereocenters. The third kappa shape index (κ3) is 3.07. The quantitative estimate of drug-likeness (QED) is 0.801. The third-order valence-corrected chi connectivity index (χ3v) is 3.01. The molecule has 0 amide bonds. The summed E-state index contributed by atoms with van der Waals surface area (Å²) in [4.78, 5) is 11.3. The monoisotopic (exact) mass is 281 g/mol. The molecule has 4 heteroatoms. The van der Waals surface area contributed by atoms with Gasteiger partial charge in [0.25, 0.3) is 0 Å². The number of nitrogens with zero attached hydrogens (tertiary/aromatic N) is 1. The van der Waals surface area contributed by atoms with Crippen molar-refractivity contribution < 1.29 is 9.53 Å². The molecule has 1 aromatic rings. The number of ether oxygens (including phenoxy) is 1. The first kappa shape index (κ1) is 12.7. The van der Waals surface area contributed by atoms with Gasteiger partial charge in [-0.2, -0.15) is 5.26 Å². The molecule has 0 fully saturated rings. The van der Waals surface area contributed by atoms with Gasteiger partial charge in [-0.3, -0.25) is 4.79 Å². The minimum Gasteiger partial charge on any atom is -0.468 e. The second-order valence-electron chi connectivity index (χ2n) is 3.50. The first-order chi connectivity index (χ1) is 7.58. The molecule has 0 bridgehead atoms. The Hall–Kier alpha value is -1.34. The summed E-state index contributed by atoms with van der Waals surface area (Å²) in [6, 6.07) is 7.77. The molecule has 1 rings (SSSR count). The lowest BCUT2D eigenvalue weighted by Gasteiger charge is -2.09. The van der Waals surface area contributed by atoms with Crippen LogP contribution >= 0.6 is 15.9 Å². The van der Waals surface area contributed by atoms with Crippen molar-refractivity contribution >= 4 is 21.9 Å².